The Labute approximate surface area is 181 Å². The van der Waals surface area contributed by atoms with Crippen molar-refractivity contribution >= 4 is 17.5 Å². The molecular weight excluding hydrogens is 402 g/mol. The molecule has 0 aliphatic carbocycles. The first-order valence-electron chi connectivity index (χ1n) is 9.85. The smallest absolute Gasteiger partial charge is 0.263 e. The van der Waals surface area contributed by atoms with E-state index in [0.717, 1.165) is 22.4 Å². The summed E-state index contributed by atoms with van der Waals surface area (Å²) >= 11 is 6.02. The minimum atomic E-state index is -0.648. The number of ether oxygens (including phenoxy) is 1. The summed E-state index contributed by atoms with van der Waals surface area (Å²) in [6.07, 6.45) is -0.648. The van der Waals surface area contributed by atoms with E-state index in [1.54, 1.807) is 26.1 Å². The van der Waals surface area contributed by atoms with Gasteiger partial charge in [-0.15, -0.1) is 0 Å². The molecular formula is C23H26ClN3O3. The third kappa shape index (κ3) is 5.19. The quantitative estimate of drug-likeness (QED) is 0.515. The Kier molecular flexibility index (Phi) is 6.77. The van der Waals surface area contributed by atoms with Crippen molar-refractivity contribution < 1.29 is 14.1 Å². The second-order valence-corrected chi connectivity index (χ2v) is 8.11. The van der Waals surface area contributed by atoms with E-state index in [2.05, 4.69) is 24.0 Å². The first-order chi connectivity index (χ1) is 14.2. The zero-order valence-electron chi connectivity index (χ0n) is 17.8. The van der Waals surface area contributed by atoms with Crippen LogP contribution in [0.25, 0.3) is 11.4 Å². The zero-order valence-corrected chi connectivity index (χ0v) is 18.6. The maximum absolute atomic E-state index is 12.8. The minimum absolute atomic E-state index is 0.172. The van der Waals surface area contributed by atoms with Crippen molar-refractivity contribution in [3.8, 4) is 17.1 Å². The van der Waals surface area contributed by atoms with Crippen LogP contribution >= 0.6 is 11.6 Å². The number of carbonyl (C=O) groups excluding carboxylic acids is 1. The molecule has 0 saturated carbocycles. The van der Waals surface area contributed by atoms with Crippen LogP contribution in [0.5, 0.6) is 5.75 Å². The molecule has 1 unspecified atom stereocenters. The Morgan fingerprint density at radius 3 is 2.67 bits per heavy atom. The number of likely N-dealkylation sites (N-methyl/N-ethyl adjacent to an activating group) is 1. The van der Waals surface area contributed by atoms with Crippen molar-refractivity contribution in [2.24, 2.45) is 0 Å². The molecule has 0 N–H and O–H groups in total. The maximum atomic E-state index is 12.8. The first kappa shape index (κ1) is 21.8. The van der Waals surface area contributed by atoms with Crippen LogP contribution in [0.4, 0.5) is 0 Å². The molecule has 1 amide bonds. The van der Waals surface area contributed by atoms with Crippen LogP contribution in [-0.2, 0) is 11.3 Å². The third-order valence-corrected chi connectivity index (χ3v) is 4.98. The normalized spacial score (nSPS) is 12.1. The molecule has 0 bridgehead atoms. The number of benzene rings is 2. The van der Waals surface area contributed by atoms with Crippen molar-refractivity contribution in [1.82, 2.24) is 15.0 Å². The number of hydrogen-bond acceptors (Lipinski definition) is 5. The fourth-order valence-corrected chi connectivity index (χ4v) is 3.31. The van der Waals surface area contributed by atoms with Crippen LogP contribution in [0.2, 0.25) is 5.02 Å². The molecule has 2 aromatic carbocycles. The second-order valence-electron chi connectivity index (χ2n) is 7.67. The number of halogens is 1. The zero-order chi connectivity index (χ0) is 21.8. The van der Waals surface area contributed by atoms with Gasteiger partial charge in [0.15, 0.2) is 6.10 Å². The van der Waals surface area contributed by atoms with Gasteiger partial charge in [-0.1, -0.05) is 54.9 Å². The van der Waals surface area contributed by atoms with Crippen LogP contribution in [0.3, 0.4) is 0 Å². The van der Waals surface area contributed by atoms with E-state index < -0.39 is 6.10 Å². The lowest BCUT2D eigenvalue weighted by molar-refractivity contribution is -0.137. The summed E-state index contributed by atoms with van der Waals surface area (Å²) in [4.78, 5) is 18.7. The van der Waals surface area contributed by atoms with Crippen molar-refractivity contribution in [3.05, 3.63) is 64.5 Å². The predicted octanol–water partition coefficient (Wildman–Crippen LogP) is 5.25. The summed E-state index contributed by atoms with van der Waals surface area (Å²) in [6.45, 7) is 8.14. The third-order valence-electron chi connectivity index (χ3n) is 4.74. The Bertz CT molecular complexity index is 1030. The minimum Gasteiger partial charge on any atom is -0.481 e. The van der Waals surface area contributed by atoms with Gasteiger partial charge in [-0.05, 0) is 49.1 Å². The standard InChI is InChI=1S/C23H26ClN3O3/c1-14(2)19-10-9-15(3)11-20(19)29-16(4)23(28)27(5)13-21-25-22(26-30-21)17-7-6-8-18(24)12-17/h6-12,14,16H,13H2,1-5H3. The van der Waals surface area contributed by atoms with Crippen molar-refractivity contribution in [2.75, 3.05) is 7.05 Å². The van der Waals surface area contributed by atoms with Crippen molar-refractivity contribution in [3.63, 3.8) is 0 Å². The lowest BCUT2D eigenvalue weighted by Gasteiger charge is -2.23. The first-order valence-corrected chi connectivity index (χ1v) is 10.2. The van der Waals surface area contributed by atoms with Gasteiger partial charge in [0.1, 0.15) is 5.75 Å². The fourth-order valence-electron chi connectivity index (χ4n) is 3.12. The van der Waals surface area contributed by atoms with Crippen LogP contribution < -0.4 is 4.74 Å². The Hall–Kier alpha value is -2.86. The number of carbonyl (C=O) groups is 1. The van der Waals surface area contributed by atoms with E-state index in [9.17, 15) is 4.79 Å². The number of aryl methyl sites for hydroxylation is 1. The van der Waals surface area contributed by atoms with Gasteiger partial charge in [-0.25, -0.2) is 0 Å². The molecule has 0 aliphatic rings. The van der Waals surface area contributed by atoms with Gasteiger partial charge in [0.25, 0.3) is 5.91 Å². The number of hydrogen-bond donors (Lipinski definition) is 0. The lowest BCUT2D eigenvalue weighted by Crippen LogP contribution is -2.37. The Morgan fingerprint density at radius 2 is 1.97 bits per heavy atom. The van der Waals surface area contributed by atoms with Crippen LogP contribution in [0.15, 0.2) is 47.0 Å². The van der Waals surface area contributed by atoms with Gasteiger partial charge in [0.2, 0.25) is 11.7 Å². The molecule has 3 rings (SSSR count). The van der Waals surface area contributed by atoms with E-state index in [4.69, 9.17) is 20.9 Å². The number of rotatable bonds is 7. The molecule has 158 valence electrons. The molecule has 3 aromatic rings. The highest BCUT2D eigenvalue weighted by atomic mass is 35.5. The molecule has 7 heteroatoms. The molecule has 6 nitrogen and oxygen atoms in total. The fraction of sp³-hybridized carbons (Fsp3) is 0.348. The van der Waals surface area contributed by atoms with E-state index in [0.29, 0.717) is 22.7 Å². The SMILES string of the molecule is Cc1ccc(C(C)C)c(OC(C)C(=O)N(C)Cc2nc(-c3cccc(Cl)c3)no2)c1. The highest BCUT2D eigenvalue weighted by Gasteiger charge is 2.23. The van der Waals surface area contributed by atoms with Gasteiger partial charge >= 0.3 is 0 Å². The second kappa shape index (κ2) is 9.30. The topological polar surface area (TPSA) is 68.5 Å². The van der Waals surface area contributed by atoms with Crippen LogP contribution in [-0.4, -0.2) is 34.1 Å². The molecule has 0 aliphatic heterocycles. The molecule has 0 saturated heterocycles. The monoisotopic (exact) mass is 427 g/mol. The molecule has 0 radical (unpaired) electrons. The predicted molar refractivity (Wildman–Crippen MR) is 117 cm³/mol. The average molecular weight is 428 g/mol. The highest BCUT2D eigenvalue weighted by Crippen LogP contribution is 2.28. The maximum Gasteiger partial charge on any atom is 0.263 e. The Morgan fingerprint density at radius 1 is 1.20 bits per heavy atom. The lowest BCUT2D eigenvalue weighted by atomic mass is 10.0. The summed E-state index contributed by atoms with van der Waals surface area (Å²) < 4.78 is 11.3. The van der Waals surface area contributed by atoms with Crippen molar-refractivity contribution in [1.29, 1.82) is 0 Å². The summed E-state index contributed by atoms with van der Waals surface area (Å²) in [7, 11) is 1.69. The molecule has 0 fully saturated rings. The number of amides is 1. The summed E-state index contributed by atoms with van der Waals surface area (Å²) in [5, 5.41) is 4.57. The van der Waals surface area contributed by atoms with E-state index in [1.165, 1.54) is 4.90 Å². The average Bonchev–Trinajstić information content (AvgIpc) is 3.15. The van der Waals surface area contributed by atoms with E-state index in [1.807, 2.05) is 37.3 Å². The largest absolute Gasteiger partial charge is 0.481 e. The molecule has 30 heavy (non-hydrogen) atoms. The Balaban J connectivity index is 1.67. The van der Waals surface area contributed by atoms with E-state index in [-0.39, 0.29) is 12.5 Å². The molecule has 1 atom stereocenters. The summed E-state index contributed by atoms with van der Waals surface area (Å²) in [5.41, 5.74) is 2.91. The van der Waals surface area contributed by atoms with Gasteiger partial charge in [0.05, 0.1) is 6.54 Å². The van der Waals surface area contributed by atoms with Gasteiger partial charge in [0, 0.05) is 17.6 Å². The molecule has 0 spiro atoms. The number of nitrogens with zero attached hydrogens (tertiary/aromatic N) is 3. The van der Waals surface area contributed by atoms with Crippen molar-refractivity contribution in [2.45, 2.75) is 46.3 Å². The van der Waals surface area contributed by atoms with E-state index >= 15 is 0 Å². The van der Waals surface area contributed by atoms with Crippen LogP contribution in [0, 0.1) is 6.92 Å². The summed E-state index contributed by atoms with van der Waals surface area (Å²) in [6, 6.07) is 13.3. The summed E-state index contributed by atoms with van der Waals surface area (Å²) in [5.74, 6) is 1.63. The highest BCUT2D eigenvalue weighted by molar-refractivity contribution is 6.30. The van der Waals surface area contributed by atoms with Gasteiger partial charge in [-0.2, -0.15) is 4.98 Å². The number of aromatic nitrogens is 2. The van der Waals surface area contributed by atoms with Crippen LogP contribution in [0.1, 0.15) is 43.7 Å². The van der Waals surface area contributed by atoms with Gasteiger partial charge < -0.3 is 14.2 Å². The molecule has 1 aromatic heterocycles. The molecule has 1 heterocycles. The van der Waals surface area contributed by atoms with Gasteiger partial charge in [-0.3, -0.25) is 4.79 Å².